The van der Waals surface area contributed by atoms with Crippen LogP contribution in [0.1, 0.15) is 18.9 Å². The summed E-state index contributed by atoms with van der Waals surface area (Å²) in [5.74, 6) is 0.498. The lowest BCUT2D eigenvalue weighted by atomic mass is 10.6. The van der Waals surface area contributed by atoms with Crippen LogP contribution in [-0.2, 0) is 11.3 Å². The van der Waals surface area contributed by atoms with Gasteiger partial charge in [-0.1, -0.05) is 0 Å². The molecule has 1 saturated carbocycles. The summed E-state index contributed by atoms with van der Waals surface area (Å²) in [4.78, 5) is 11.8. The van der Waals surface area contributed by atoms with Gasteiger partial charge in [-0.3, -0.25) is 9.13 Å². The number of halogens is 1. The fourth-order valence-corrected chi connectivity index (χ4v) is 1.66. The molecule has 0 aliphatic heterocycles. The van der Waals surface area contributed by atoms with Crippen LogP contribution in [0.25, 0.3) is 0 Å². The summed E-state index contributed by atoms with van der Waals surface area (Å²) in [6.07, 6.45) is 5.95. The number of rotatable bonds is 6. The summed E-state index contributed by atoms with van der Waals surface area (Å²) < 4.78 is 8.72. The van der Waals surface area contributed by atoms with Crippen LogP contribution in [0.4, 0.5) is 0 Å². The lowest BCUT2D eigenvalue weighted by Gasteiger charge is -2.02. The third-order valence-electron chi connectivity index (χ3n) is 2.51. The summed E-state index contributed by atoms with van der Waals surface area (Å²) in [6.45, 7) is 1.69. The van der Waals surface area contributed by atoms with Gasteiger partial charge in [0.2, 0.25) is 0 Å². The monoisotopic (exact) mass is 230 g/mol. The van der Waals surface area contributed by atoms with Crippen LogP contribution in [0.15, 0.2) is 17.2 Å². The number of alkyl halides is 1. The first-order valence-electron chi connectivity index (χ1n) is 5.24. The molecule has 84 valence electrons. The zero-order valence-corrected chi connectivity index (χ0v) is 9.32. The molecule has 1 aliphatic rings. The Morgan fingerprint density at radius 3 is 2.87 bits per heavy atom. The van der Waals surface area contributed by atoms with Gasteiger partial charge < -0.3 is 4.74 Å². The van der Waals surface area contributed by atoms with Crippen LogP contribution in [0.3, 0.4) is 0 Å². The van der Waals surface area contributed by atoms with Crippen molar-refractivity contribution in [2.45, 2.75) is 25.4 Å². The van der Waals surface area contributed by atoms with Gasteiger partial charge in [0.05, 0.1) is 19.8 Å². The van der Waals surface area contributed by atoms with Crippen LogP contribution >= 0.6 is 11.6 Å². The number of hydrogen-bond acceptors (Lipinski definition) is 2. The second-order valence-corrected chi connectivity index (χ2v) is 4.09. The standard InChI is InChI=1S/C10H15ClN2O2/c11-3-7-15-8-6-12-4-5-13(10(12)14)9-1-2-9/h4-5,9H,1-3,6-8H2. The van der Waals surface area contributed by atoms with E-state index in [1.54, 1.807) is 4.57 Å². The topological polar surface area (TPSA) is 36.2 Å². The third-order valence-corrected chi connectivity index (χ3v) is 2.67. The number of hydrogen-bond donors (Lipinski definition) is 0. The molecule has 1 fully saturated rings. The Morgan fingerprint density at radius 2 is 2.20 bits per heavy atom. The molecule has 0 aromatic carbocycles. The Morgan fingerprint density at radius 1 is 1.40 bits per heavy atom. The highest BCUT2D eigenvalue weighted by atomic mass is 35.5. The maximum atomic E-state index is 11.8. The molecular weight excluding hydrogens is 216 g/mol. The van der Waals surface area contributed by atoms with Crippen LogP contribution in [-0.4, -0.2) is 28.2 Å². The molecule has 0 N–H and O–H groups in total. The third kappa shape index (κ3) is 2.63. The van der Waals surface area contributed by atoms with E-state index in [1.807, 2.05) is 17.0 Å². The Balaban J connectivity index is 1.88. The van der Waals surface area contributed by atoms with E-state index in [4.69, 9.17) is 16.3 Å². The van der Waals surface area contributed by atoms with Crippen molar-refractivity contribution in [3.05, 3.63) is 22.9 Å². The van der Waals surface area contributed by atoms with Crippen molar-refractivity contribution in [3.8, 4) is 0 Å². The normalized spacial score (nSPS) is 15.8. The van der Waals surface area contributed by atoms with E-state index in [-0.39, 0.29) is 5.69 Å². The molecule has 2 rings (SSSR count). The van der Waals surface area contributed by atoms with Gasteiger partial charge in [-0.05, 0) is 12.8 Å². The van der Waals surface area contributed by atoms with Crippen molar-refractivity contribution in [2.75, 3.05) is 19.1 Å². The number of imidazole rings is 1. The molecule has 0 unspecified atom stereocenters. The van der Waals surface area contributed by atoms with Crippen LogP contribution < -0.4 is 5.69 Å². The van der Waals surface area contributed by atoms with E-state index < -0.39 is 0 Å². The predicted molar refractivity (Wildman–Crippen MR) is 58.5 cm³/mol. The Hall–Kier alpha value is -0.740. The minimum atomic E-state index is 0.0759. The van der Waals surface area contributed by atoms with E-state index in [0.29, 0.717) is 31.7 Å². The van der Waals surface area contributed by atoms with E-state index in [9.17, 15) is 4.79 Å². The largest absolute Gasteiger partial charge is 0.378 e. The summed E-state index contributed by atoms with van der Waals surface area (Å²) in [6, 6.07) is 0.447. The average molecular weight is 231 g/mol. The molecule has 5 heteroatoms. The molecule has 15 heavy (non-hydrogen) atoms. The van der Waals surface area contributed by atoms with Gasteiger partial charge in [0.15, 0.2) is 0 Å². The number of aromatic nitrogens is 2. The zero-order chi connectivity index (χ0) is 10.7. The van der Waals surface area contributed by atoms with Gasteiger partial charge in [-0.25, -0.2) is 4.79 Å². The summed E-state index contributed by atoms with van der Waals surface area (Å²) in [7, 11) is 0. The number of nitrogens with zero attached hydrogens (tertiary/aromatic N) is 2. The average Bonchev–Trinajstić information content (AvgIpc) is 3.00. The maximum Gasteiger partial charge on any atom is 0.328 e. The van der Waals surface area contributed by atoms with Gasteiger partial charge in [-0.2, -0.15) is 0 Å². The predicted octanol–water partition coefficient (Wildman–Crippen LogP) is 1.24. The van der Waals surface area contributed by atoms with Crippen LogP contribution in [0.5, 0.6) is 0 Å². The molecule has 0 amide bonds. The summed E-state index contributed by atoms with van der Waals surface area (Å²) >= 11 is 5.47. The van der Waals surface area contributed by atoms with Gasteiger partial charge in [0.1, 0.15) is 0 Å². The molecule has 0 atom stereocenters. The van der Waals surface area contributed by atoms with Crippen LogP contribution in [0.2, 0.25) is 0 Å². The maximum absolute atomic E-state index is 11.8. The highest BCUT2D eigenvalue weighted by Crippen LogP contribution is 2.33. The Kier molecular flexibility index (Phi) is 3.49. The van der Waals surface area contributed by atoms with Gasteiger partial charge >= 0.3 is 5.69 Å². The molecule has 1 heterocycles. The Labute approximate surface area is 93.4 Å². The lowest BCUT2D eigenvalue weighted by molar-refractivity contribution is 0.140. The van der Waals surface area contributed by atoms with E-state index in [0.717, 1.165) is 12.8 Å². The lowest BCUT2D eigenvalue weighted by Crippen LogP contribution is -2.25. The SMILES string of the molecule is O=c1n(CCOCCCl)ccn1C1CC1. The fourth-order valence-electron chi connectivity index (χ4n) is 1.55. The van der Waals surface area contributed by atoms with E-state index in [1.165, 1.54) is 0 Å². The van der Waals surface area contributed by atoms with Crippen molar-refractivity contribution >= 4 is 11.6 Å². The summed E-state index contributed by atoms with van der Waals surface area (Å²) in [5.41, 5.74) is 0.0759. The zero-order valence-electron chi connectivity index (χ0n) is 8.56. The first kappa shape index (κ1) is 10.8. The molecule has 0 spiro atoms. The van der Waals surface area contributed by atoms with Gasteiger partial charge in [0.25, 0.3) is 0 Å². The molecule has 0 bridgehead atoms. The van der Waals surface area contributed by atoms with Crippen molar-refractivity contribution in [2.24, 2.45) is 0 Å². The minimum Gasteiger partial charge on any atom is -0.378 e. The Bertz CT molecular complexity index is 368. The molecule has 0 saturated heterocycles. The van der Waals surface area contributed by atoms with E-state index in [2.05, 4.69) is 0 Å². The smallest absolute Gasteiger partial charge is 0.328 e. The van der Waals surface area contributed by atoms with Crippen molar-refractivity contribution in [1.29, 1.82) is 0 Å². The van der Waals surface area contributed by atoms with Crippen molar-refractivity contribution in [1.82, 2.24) is 9.13 Å². The quantitative estimate of drug-likeness (QED) is 0.545. The molecule has 1 aromatic rings. The van der Waals surface area contributed by atoms with E-state index >= 15 is 0 Å². The second kappa shape index (κ2) is 4.86. The first-order chi connectivity index (χ1) is 7.33. The molecule has 1 aliphatic carbocycles. The minimum absolute atomic E-state index is 0.0759. The number of ether oxygens (including phenoxy) is 1. The molecule has 1 aromatic heterocycles. The van der Waals surface area contributed by atoms with Gasteiger partial charge in [-0.15, -0.1) is 11.6 Å². The highest BCUT2D eigenvalue weighted by Gasteiger charge is 2.25. The summed E-state index contributed by atoms with van der Waals surface area (Å²) in [5, 5.41) is 0. The molecule has 4 nitrogen and oxygen atoms in total. The van der Waals surface area contributed by atoms with Crippen LogP contribution in [0, 0.1) is 0 Å². The fraction of sp³-hybridized carbons (Fsp3) is 0.700. The van der Waals surface area contributed by atoms with Crippen molar-refractivity contribution < 1.29 is 4.74 Å². The molecule has 0 radical (unpaired) electrons. The van der Waals surface area contributed by atoms with Gasteiger partial charge in [0, 0.05) is 24.3 Å². The highest BCUT2D eigenvalue weighted by molar-refractivity contribution is 6.17. The van der Waals surface area contributed by atoms with Crippen molar-refractivity contribution in [3.63, 3.8) is 0 Å². The first-order valence-corrected chi connectivity index (χ1v) is 5.77. The molecular formula is C10H15ClN2O2. The second-order valence-electron chi connectivity index (χ2n) is 3.71.